The van der Waals surface area contributed by atoms with Crippen LogP contribution in [0.2, 0.25) is 0 Å². The smallest absolute Gasteiger partial charge is 0.330 e. The first-order valence-electron chi connectivity index (χ1n) is 26.4. The van der Waals surface area contributed by atoms with E-state index in [1.807, 2.05) is 0 Å². The van der Waals surface area contributed by atoms with Crippen LogP contribution in [0.1, 0.15) is 64.2 Å². The first kappa shape index (κ1) is 60.3. The summed E-state index contributed by atoms with van der Waals surface area (Å²) in [7, 11) is 0. The van der Waals surface area contributed by atoms with Crippen molar-refractivity contribution in [1.29, 1.82) is 0 Å². The fourth-order valence-corrected chi connectivity index (χ4v) is 12.0. The molecule has 29 atom stereocenters. The Labute approximate surface area is 436 Å². The van der Waals surface area contributed by atoms with Gasteiger partial charge in [0.25, 0.3) is 0 Å². The summed E-state index contributed by atoms with van der Waals surface area (Å²) < 4.78 is 58.4. The standard InChI is InChI=1S/C48H78O28/c49-13-27-32(56)36(60)40(64)45(72-27)69-23-7-1-17(9-22(23)54)2-8-31(55)67-16-30-35(59)39(63)44(76-47-42(66)38(62)34(58)29(15-51)74-47)48(75-30)71-26-12-21-24(68-43(26)18-3-5-19(52)6-4-18)10-20(53)11-25(21)70-46-41(65)37(61)33(57)28(14-50)73-46/h2,8,17-30,32-54,56-66H,1,3-7,9-16H2/p+1. The summed E-state index contributed by atoms with van der Waals surface area (Å²) in [6.45, 7) is -2.90. The average Bonchev–Trinajstić information content (AvgIpc) is 3.40. The number of aliphatic hydroxyl groups excluding tert-OH is 17. The van der Waals surface area contributed by atoms with Gasteiger partial charge in [0.1, 0.15) is 110 Å². The molecule has 0 aromatic rings. The molecular weight excluding hydrogens is 1020 g/mol. The number of allylic oxidation sites excluding steroid dienone is 1. The van der Waals surface area contributed by atoms with Gasteiger partial charge in [-0.3, -0.25) is 0 Å². The lowest BCUT2D eigenvalue weighted by Gasteiger charge is -2.50. The van der Waals surface area contributed by atoms with Crippen LogP contribution in [-0.4, -0.2) is 296 Å². The molecule has 5 heterocycles. The van der Waals surface area contributed by atoms with Gasteiger partial charge in [-0.1, -0.05) is 6.08 Å². The predicted octanol–water partition coefficient (Wildman–Crippen LogP) is -8.38. The molecule has 5 saturated heterocycles. The van der Waals surface area contributed by atoms with Crippen LogP contribution in [0.4, 0.5) is 0 Å². The lowest BCUT2D eigenvalue weighted by atomic mass is 9.73. The monoisotopic (exact) mass is 1100 g/mol. The second-order valence-corrected chi connectivity index (χ2v) is 21.7. The molecule has 0 radical (unpaired) electrons. The Hall–Kier alpha value is -1.83. The molecule has 8 aliphatic rings. The van der Waals surface area contributed by atoms with Crippen molar-refractivity contribution in [3.05, 3.63) is 12.2 Å². The number of hydrogen-bond acceptors (Lipinski definition) is 27. The molecule has 8 fully saturated rings. The Balaban J connectivity index is 0.982. The highest BCUT2D eigenvalue weighted by molar-refractivity contribution is 5.81. The largest absolute Gasteiger partial charge is 0.460 e. The molecule has 0 spiro atoms. The zero-order valence-corrected chi connectivity index (χ0v) is 41.6. The summed E-state index contributed by atoms with van der Waals surface area (Å²) in [5.74, 6) is -2.12. The van der Waals surface area contributed by atoms with Crippen molar-refractivity contribution < 1.29 is 139 Å². The number of carbonyl (C=O) groups is 1. The molecule has 0 aromatic carbocycles. The van der Waals surface area contributed by atoms with E-state index in [1.165, 1.54) is 6.08 Å². The van der Waals surface area contributed by atoms with Gasteiger partial charge in [0.05, 0.1) is 56.3 Å². The van der Waals surface area contributed by atoms with E-state index in [0.29, 0.717) is 32.1 Å². The maximum Gasteiger partial charge on any atom is 0.330 e. The molecule has 3 aliphatic carbocycles. The van der Waals surface area contributed by atoms with Crippen molar-refractivity contribution in [2.24, 2.45) is 17.8 Å². The summed E-state index contributed by atoms with van der Waals surface area (Å²) in [5.41, 5.74) is 0. The summed E-state index contributed by atoms with van der Waals surface area (Å²) in [6, 6.07) is 0. The Kier molecular flexibility index (Phi) is 20.9. The fourth-order valence-electron chi connectivity index (χ4n) is 12.0. The van der Waals surface area contributed by atoms with E-state index in [4.69, 9.17) is 47.4 Å². The van der Waals surface area contributed by atoms with Gasteiger partial charge in [0, 0.05) is 24.8 Å². The van der Waals surface area contributed by atoms with Gasteiger partial charge in [-0.2, -0.15) is 0 Å². The van der Waals surface area contributed by atoms with Gasteiger partial charge in [-0.25, -0.2) is 4.79 Å². The number of aliphatic hydroxyl groups is 19. The van der Waals surface area contributed by atoms with E-state index < -0.39 is 210 Å². The van der Waals surface area contributed by atoms with Crippen molar-refractivity contribution in [3.63, 3.8) is 0 Å². The van der Waals surface area contributed by atoms with Crippen LogP contribution < -0.4 is 0 Å². The molecule has 0 aromatic heterocycles. The maximum absolute atomic E-state index is 13.2. The molecule has 28 heteroatoms. The van der Waals surface area contributed by atoms with Crippen LogP contribution in [0.3, 0.4) is 0 Å². The van der Waals surface area contributed by atoms with E-state index in [-0.39, 0.29) is 43.9 Å². The number of carbonyl (C=O) groups excluding carboxylic acids is 1. The third-order valence-corrected chi connectivity index (χ3v) is 16.6. The second kappa shape index (κ2) is 26.4. The highest BCUT2D eigenvalue weighted by atomic mass is 16.8. The SMILES string of the molecule is O=C(C=CC1CCC(OC2OC(CO)C(O)C(O)C2O)C(O)C1)OCC1OC(OC2CC3C(OC4OC(CO)C(O)C(O)C4O)CC(O)CC3[OH+]C2C2CCC(O)CC2)C(OC2OC(CO)C(O)C(O)C2O)C(O)C1O. The van der Waals surface area contributed by atoms with Crippen molar-refractivity contribution in [2.75, 3.05) is 26.4 Å². The Morgan fingerprint density at radius 1 is 0.474 bits per heavy atom. The van der Waals surface area contributed by atoms with Crippen LogP contribution in [0.15, 0.2) is 12.2 Å². The number of rotatable bonds is 16. The first-order valence-corrected chi connectivity index (χ1v) is 26.4. The minimum atomic E-state index is -1.98. The van der Waals surface area contributed by atoms with Crippen LogP contribution in [0.5, 0.6) is 0 Å². The molecule has 438 valence electrons. The van der Waals surface area contributed by atoms with Crippen molar-refractivity contribution in [1.82, 2.24) is 0 Å². The minimum Gasteiger partial charge on any atom is -0.460 e. The molecule has 29 unspecified atom stereocenters. The van der Waals surface area contributed by atoms with E-state index in [9.17, 15) is 91.6 Å². The molecule has 0 bridgehead atoms. The van der Waals surface area contributed by atoms with Gasteiger partial charge in [-0.05, 0) is 57.3 Å². The maximum atomic E-state index is 13.2. The molecule has 28 nitrogen and oxygen atoms in total. The summed E-state index contributed by atoms with van der Waals surface area (Å²) in [6.07, 6.45) is -34.9. The van der Waals surface area contributed by atoms with Gasteiger partial charge in [-0.15, -0.1) is 0 Å². The number of fused-ring (bicyclic) bond motifs is 1. The second-order valence-electron chi connectivity index (χ2n) is 21.7. The summed E-state index contributed by atoms with van der Waals surface area (Å²) in [4.78, 5) is 13.2. The number of hydrogen-bond donors (Lipinski definition) is 17. The van der Waals surface area contributed by atoms with E-state index in [2.05, 4.69) is 0 Å². The van der Waals surface area contributed by atoms with Crippen LogP contribution in [-0.2, 0) is 47.4 Å². The van der Waals surface area contributed by atoms with Crippen LogP contribution in [0, 0.1) is 17.8 Å². The average molecular weight is 1100 g/mol. The Bertz CT molecular complexity index is 1840. The zero-order chi connectivity index (χ0) is 54.9. The van der Waals surface area contributed by atoms with E-state index >= 15 is 0 Å². The van der Waals surface area contributed by atoms with Crippen molar-refractivity contribution in [2.45, 2.75) is 236 Å². The van der Waals surface area contributed by atoms with Crippen molar-refractivity contribution in [3.8, 4) is 0 Å². The Morgan fingerprint density at radius 3 is 1.51 bits per heavy atom. The molecule has 5 aliphatic heterocycles. The van der Waals surface area contributed by atoms with Crippen LogP contribution in [0.25, 0.3) is 0 Å². The third-order valence-electron chi connectivity index (χ3n) is 16.6. The highest BCUT2D eigenvalue weighted by Gasteiger charge is 2.58. The molecule has 0 amide bonds. The summed E-state index contributed by atoms with van der Waals surface area (Å²) in [5, 5.41) is 180. The van der Waals surface area contributed by atoms with Gasteiger partial charge < -0.3 is 134 Å². The van der Waals surface area contributed by atoms with Gasteiger partial charge >= 0.3 is 5.97 Å². The third kappa shape index (κ3) is 13.4. The summed E-state index contributed by atoms with van der Waals surface area (Å²) >= 11 is 0. The lowest BCUT2D eigenvalue weighted by Crippen LogP contribution is -2.66. The normalized spacial score (nSPS) is 51.5. The molecule has 3 saturated carbocycles. The van der Waals surface area contributed by atoms with Crippen molar-refractivity contribution >= 4 is 5.97 Å². The van der Waals surface area contributed by atoms with Gasteiger partial charge in [0.2, 0.25) is 0 Å². The highest BCUT2D eigenvalue weighted by Crippen LogP contribution is 2.44. The topological polar surface area (TPSA) is 457 Å². The van der Waals surface area contributed by atoms with Crippen LogP contribution >= 0.6 is 0 Å². The van der Waals surface area contributed by atoms with Gasteiger partial charge in [0.15, 0.2) is 37.4 Å². The first-order chi connectivity index (χ1) is 36.2. The Morgan fingerprint density at radius 2 is 0.974 bits per heavy atom. The fraction of sp³-hybridized carbons (Fsp3) is 0.938. The number of esters is 1. The predicted molar refractivity (Wildman–Crippen MR) is 246 cm³/mol. The zero-order valence-electron chi connectivity index (χ0n) is 41.6. The lowest BCUT2D eigenvalue weighted by molar-refractivity contribution is -0.389. The quantitative estimate of drug-likeness (QED) is 0.0388. The number of ether oxygens (including phenoxy) is 10. The molecule has 8 rings (SSSR count). The molecular formula is C48H79O28+. The van der Waals surface area contributed by atoms with E-state index in [1.54, 1.807) is 0 Å². The molecule has 76 heavy (non-hydrogen) atoms. The van der Waals surface area contributed by atoms with E-state index in [0.717, 1.165) is 6.08 Å². The molecule has 18 N–H and O–H groups in total. The minimum absolute atomic E-state index is 0.00388.